The number of aromatic nitrogens is 2. The number of hydrogen-bond donors (Lipinski definition) is 0. The second-order valence-corrected chi connectivity index (χ2v) is 10.7. The molecule has 2 aromatic carbocycles. The van der Waals surface area contributed by atoms with E-state index in [0.717, 1.165) is 41.6 Å². The third-order valence-electron chi connectivity index (χ3n) is 7.15. The molecule has 0 atom stereocenters. The van der Waals surface area contributed by atoms with Crippen LogP contribution in [-0.4, -0.2) is 71.0 Å². The number of carbonyl (C=O) groups excluding carboxylic acids is 2. The van der Waals surface area contributed by atoms with Crippen LogP contribution < -0.4 is 9.64 Å². The molecule has 40 heavy (non-hydrogen) atoms. The van der Waals surface area contributed by atoms with Crippen LogP contribution in [0, 0.1) is 0 Å². The largest absolute Gasteiger partial charge is 0.495 e. The molecular formula is C31H35N5O3S. The molecule has 0 spiro atoms. The molecule has 3 heterocycles. The second kappa shape index (κ2) is 12.8. The number of anilines is 1. The molecule has 9 heteroatoms. The van der Waals surface area contributed by atoms with Gasteiger partial charge in [0.25, 0.3) is 11.8 Å². The molecule has 2 aromatic heterocycles. The predicted octanol–water partition coefficient (Wildman–Crippen LogP) is 5.02. The highest BCUT2D eigenvalue weighted by Crippen LogP contribution is 2.28. The highest BCUT2D eigenvalue weighted by atomic mass is 32.1. The van der Waals surface area contributed by atoms with Gasteiger partial charge in [0.15, 0.2) is 0 Å². The lowest BCUT2D eigenvalue weighted by atomic mass is 10.2. The van der Waals surface area contributed by atoms with Crippen LogP contribution in [0.2, 0.25) is 0 Å². The molecule has 1 saturated heterocycles. The van der Waals surface area contributed by atoms with Crippen molar-refractivity contribution in [2.24, 2.45) is 0 Å². The summed E-state index contributed by atoms with van der Waals surface area (Å²) >= 11 is 1.50. The number of nitrogens with zero attached hydrogens (tertiary/aromatic N) is 5. The summed E-state index contributed by atoms with van der Waals surface area (Å²) in [4.78, 5) is 37.1. The predicted molar refractivity (Wildman–Crippen MR) is 158 cm³/mol. The molecule has 0 unspecified atom stereocenters. The van der Waals surface area contributed by atoms with Gasteiger partial charge in [0.2, 0.25) is 0 Å². The molecule has 0 bridgehead atoms. The minimum absolute atomic E-state index is 0.0301. The topological polar surface area (TPSA) is 70.9 Å². The summed E-state index contributed by atoms with van der Waals surface area (Å²) in [6.45, 7) is 6.58. The fourth-order valence-electron chi connectivity index (χ4n) is 5.06. The van der Waals surface area contributed by atoms with Gasteiger partial charge in [0, 0.05) is 55.6 Å². The lowest BCUT2D eigenvalue weighted by Crippen LogP contribution is -2.49. The number of benzene rings is 2. The molecule has 4 aromatic rings. The third-order valence-corrected chi connectivity index (χ3v) is 7.98. The van der Waals surface area contributed by atoms with Crippen molar-refractivity contribution in [1.29, 1.82) is 0 Å². The van der Waals surface area contributed by atoms with Gasteiger partial charge in [-0.1, -0.05) is 37.3 Å². The van der Waals surface area contributed by atoms with Gasteiger partial charge in [-0.25, -0.2) is 4.98 Å². The highest BCUT2D eigenvalue weighted by molar-refractivity contribution is 7.09. The maximum atomic E-state index is 13.3. The van der Waals surface area contributed by atoms with Gasteiger partial charge in [-0.05, 0) is 42.8 Å². The normalized spacial score (nSPS) is 13.3. The summed E-state index contributed by atoms with van der Waals surface area (Å²) in [5.74, 6) is 0.846. The van der Waals surface area contributed by atoms with Crippen LogP contribution in [0.1, 0.15) is 44.9 Å². The number of thiazole rings is 1. The Morgan fingerprint density at radius 3 is 2.48 bits per heavy atom. The van der Waals surface area contributed by atoms with E-state index in [1.54, 1.807) is 7.11 Å². The number of amides is 2. The van der Waals surface area contributed by atoms with E-state index in [0.29, 0.717) is 44.0 Å². The monoisotopic (exact) mass is 557 g/mol. The zero-order valence-electron chi connectivity index (χ0n) is 23.0. The van der Waals surface area contributed by atoms with Crippen molar-refractivity contribution in [3.8, 4) is 5.75 Å². The zero-order chi connectivity index (χ0) is 27.9. The first-order chi connectivity index (χ1) is 19.6. The molecule has 1 fully saturated rings. The van der Waals surface area contributed by atoms with Crippen LogP contribution in [0.25, 0.3) is 0 Å². The molecule has 0 radical (unpaired) electrons. The fourth-order valence-corrected chi connectivity index (χ4v) is 5.83. The standard InChI is InChI=1S/C31H35N5O3S/c1-3-15-36(30(37)24-10-5-4-6-11-24)21-25-12-9-16-35(25)22-29-32-26(23-40-29)31(38)34-19-17-33(18-20-34)27-13-7-8-14-28(27)39-2/h4-14,16,23H,3,15,17-22H2,1-2H3. The van der Waals surface area contributed by atoms with Crippen LogP contribution in [0.4, 0.5) is 5.69 Å². The SMILES string of the molecule is CCCN(Cc1cccn1Cc1nc(C(=O)N2CCN(c3ccccc3OC)CC2)cs1)C(=O)c1ccccc1. The summed E-state index contributed by atoms with van der Waals surface area (Å²) in [6.07, 6.45) is 2.89. The second-order valence-electron chi connectivity index (χ2n) is 9.80. The summed E-state index contributed by atoms with van der Waals surface area (Å²) < 4.78 is 7.62. The summed E-state index contributed by atoms with van der Waals surface area (Å²) in [5, 5.41) is 2.72. The highest BCUT2D eigenvalue weighted by Gasteiger charge is 2.25. The minimum Gasteiger partial charge on any atom is -0.495 e. The lowest BCUT2D eigenvalue weighted by molar-refractivity contribution is 0.0732. The Morgan fingerprint density at radius 1 is 0.975 bits per heavy atom. The molecule has 0 N–H and O–H groups in total. The van der Waals surface area contributed by atoms with Gasteiger partial charge in [-0.2, -0.15) is 0 Å². The third kappa shape index (κ3) is 6.20. The molecule has 1 aliphatic heterocycles. The summed E-state index contributed by atoms with van der Waals surface area (Å²) in [5.41, 5.74) is 3.28. The molecule has 5 rings (SSSR count). The first kappa shape index (κ1) is 27.5. The van der Waals surface area contributed by atoms with Gasteiger partial charge < -0.3 is 24.0 Å². The number of carbonyl (C=O) groups is 2. The Labute approximate surface area is 239 Å². The van der Waals surface area contributed by atoms with Crippen molar-refractivity contribution in [2.75, 3.05) is 44.7 Å². The van der Waals surface area contributed by atoms with Crippen molar-refractivity contribution in [1.82, 2.24) is 19.4 Å². The van der Waals surface area contributed by atoms with Gasteiger partial charge in [-0.15, -0.1) is 11.3 Å². The molecule has 0 saturated carbocycles. The van der Waals surface area contributed by atoms with E-state index < -0.39 is 0 Å². The number of para-hydroxylation sites is 2. The van der Waals surface area contributed by atoms with Crippen LogP contribution in [0.3, 0.4) is 0 Å². The van der Waals surface area contributed by atoms with Crippen LogP contribution in [0.15, 0.2) is 78.3 Å². The van der Waals surface area contributed by atoms with Crippen molar-refractivity contribution in [3.05, 3.63) is 100 Å². The van der Waals surface area contributed by atoms with E-state index in [1.807, 2.05) is 82.0 Å². The van der Waals surface area contributed by atoms with E-state index in [1.165, 1.54) is 11.3 Å². The molecule has 8 nitrogen and oxygen atoms in total. The average molecular weight is 558 g/mol. The minimum atomic E-state index is -0.0301. The van der Waals surface area contributed by atoms with Crippen LogP contribution in [-0.2, 0) is 13.1 Å². The number of piperazine rings is 1. The lowest BCUT2D eigenvalue weighted by Gasteiger charge is -2.36. The number of ether oxygens (including phenoxy) is 1. The van der Waals surface area contributed by atoms with E-state index in [4.69, 9.17) is 9.72 Å². The summed E-state index contributed by atoms with van der Waals surface area (Å²) in [6, 6.07) is 21.4. The Balaban J connectivity index is 1.21. The summed E-state index contributed by atoms with van der Waals surface area (Å²) in [7, 11) is 1.68. The van der Waals surface area contributed by atoms with Gasteiger partial charge in [0.05, 0.1) is 25.9 Å². The molecule has 208 valence electrons. The van der Waals surface area contributed by atoms with E-state index in [9.17, 15) is 9.59 Å². The van der Waals surface area contributed by atoms with Gasteiger partial charge in [-0.3, -0.25) is 9.59 Å². The van der Waals surface area contributed by atoms with Gasteiger partial charge in [0.1, 0.15) is 16.5 Å². The molecule has 2 amide bonds. The van der Waals surface area contributed by atoms with Crippen molar-refractivity contribution in [3.63, 3.8) is 0 Å². The maximum absolute atomic E-state index is 13.3. The van der Waals surface area contributed by atoms with E-state index in [2.05, 4.69) is 22.5 Å². The fraction of sp³-hybridized carbons (Fsp3) is 0.323. The van der Waals surface area contributed by atoms with E-state index >= 15 is 0 Å². The quantitative estimate of drug-likeness (QED) is 0.274. The smallest absolute Gasteiger partial charge is 0.273 e. The molecular weight excluding hydrogens is 522 g/mol. The van der Waals surface area contributed by atoms with Crippen LogP contribution in [0.5, 0.6) is 5.75 Å². The first-order valence-corrected chi connectivity index (χ1v) is 14.5. The number of hydrogen-bond acceptors (Lipinski definition) is 6. The average Bonchev–Trinajstić information content (AvgIpc) is 3.66. The van der Waals surface area contributed by atoms with E-state index in [-0.39, 0.29) is 11.8 Å². The first-order valence-electron chi connectivity index (χ1n) is 13.7. The Kier molecular flexibility index (Phi) is 8.81. The number of rotatable bonds is 10. The molecule has 0 aliphatic carbocycles. The Morgan fingerprint density at radius 2 is 1.73 bits per heavy atom. The molecule has 1 aliphatic rings. The van der Waals surface area contributed by atoms with Crippen LogP contribution >= 0.6 is 11.3 Å². The number of methoxy groups -OCH3 is 1. The Hall–Kier alpha value is -4.11. The Bertz CT molecular complexity index is 1430. The maximum Gasteiger partial charge on any atom is 0.273 e. The van der Waals surface area contributed by atoms with Crippen molar-refractivity contribution in [2.45, 2.75) is 26.4 Å². The zero-order valence-corrected chi connectivity index (χ0v) is 23.8. The van der Waals surface area contributed by atoms with Crippen molar-refractivity contribution < 1.29 is 14.3 Å². The van der Waals surface area contributed by atoms with Gasteiger partial charge >= 0.3 is 0 Å². The van der Waals surface area contributed by atoms with Crippen molar-refractivity contribution >= 4 is 28.8 Å².